The van der Waals surface area contributed by atoms with E-state index >= 15 is 0 Å². The first-order valence-corrected chi connectivity index (χ1v) is 6.99. The summed E-state index contributed by atoms with van der Waals surface area (Å²) in [6.45, 7) is 0. The Bertz CT molecular complexity index is 987. The molecule has 1 atom stereocenters. The van der Waals surface area contributed by atoms with Crippen LogP contribution in [0.3, 0.4) is 0 Å². The van der Waals surface area contributed by atoms with E-state index in [1.165, 1.54) is 4.90 Å². The summed E-state index contributed by atoms with van der Waals surface area (Å²) in [4.78, 5) is 23.0. The van der Waals surface area contributed by atoms with Gasteiger partial charge in [0.1, 0.15) is 6.17 Å². The quantitative estimate of drug-likeness (QED) is 0.687. The van der Waals surface area contributed by atoms with E-state index in [-0.39, 0.29) is 18.0 Å². The fraction of sp³-hybridized carbons (Fsp3) is 0.0625. The number of rotatable bonds is 0. The zero-order valence-electron chi connectivity index (χ0n) is 11.5. The molecule has 0 spiro atoms. The third kappa shape index (κ3) is 1.22. The number of aromatic nitrogens is 2. The Morgan fingerprint density at radius 3 is 2.73 bits per heavy atom. The number of imidazole rings is 1. The lowest BCUT2D eigenvalue weighted by molar-refractivity contribution is 0.0819. The lowest BCUT2D eigenvalue weighted by Crippen LogP contribution is -2.44. The largest absolute Gasteiger partial charge is 0.369 e. The van der Waals surface area contributed by atoms with E-state index in [9.17, 15) is 4.79 Å². The molecule has 0 bridgehead atoms. The molecule has 2 aliphatic rings. The van der Waals surface area contributed by atoms with E-state index < -0.39 is 0 Å². The second-order valence-corrected chi connectivity index (χ2v) is 5.38. The smallest absolute Gasteiger partial charge is 0.263 e. The van der Waals surface area contributed by atoms with Gasteiger partial charge in [0.2, 0.25) is 11.9 Å². The number of para-hydroxylation sites is 2. The van der Waals surface area contributed by atoms with Gasteiger partial charge in [0.05, 0.1) is 11.0 Å². The van der Waals surface area contributed by atoms with E-state index in [4.69, 9.17) is 5.73 Å². The monoisotopic (exact) mass is 289 g/mol. The summed E-state index contributed by atoms with van der Waals surface area (Å²) >= 11 is 0. The summed E-state index contributed by atoms with van der Waals surface area (Å²) in [5, 5.41) is 0. The molecule has 6 nitrogen and oxygen atoms in total. The zero-order valence-corrected chi connectivity index (χ0v) is 11.5. The summed E-state index contributed by atoms with van der Waals surface area (Å²) in [5.74, 6) is 0.601. The van der Waals surface area contributed by atoms with Crippen molar-refractivity contribution in [3.05, 3.63) is 59.7 Å². The summed E-state index contributed by atoms with van der Waals surface area (Å²) < 4.78 is 1.97. The minimum atomic E-state index is -0.316. The van der Waals surface area contributed by atoms with Crippen molar-refractivity contribution in [3.63, 3.8) is 0 Å². The molecule has 2 aliphatic heterocycles. The number of carbonyl (C=O) groups excluding carboxylic acids is 1. The number of carbonyl (C=O) groups is 1. The van der Waals surface area contributed by atoms with Gasteiger partial charge in [-0.3, -0.25) is 14.3 Å². The van der Waals surface area contributed by atoms with Gasteiger partial charge in [-0.05, 0) is 18.2 Å². The van der Waals surface area contributed by atoms with Crippen molar-refractivity contribution >= 4 is 28.8 Å². The highest BCUT2D eigenvalue weighted by Gasteiger charge is 2.43. The summed E-state index contributed by atoms with van der Waals surface area (Å²) in [6, 6.07) is 15.3. The van der Waals surface area contributed by atoms with E-state index in [2.05, 4.69) is 9.98 Å². The lowest BCUT2D eigenvalue weighted by Gasteiger charge is -2.29. The van der Waals surface area contributed by atoms with Crippen LogP contribution in [-0.4, -0.2) is 26.3 Å². The average Bonchev–Trinajstić information content (AvgIpc) is 3.04. The zero-order chi connectivity index (χ0) is 14.8. The number of guanidine groups is 1. The predicted octanol–water partition coefficient (Wildman–Crippen LogP) is 2.00. The van der Waals surface area contributed by atoms with Gasteiger partial charge in [-0.15, -0.1) is 0 Å². The Morgan fingerprint density at radius 1 is 1.05 bits per heavy atom. The molecule has 106 valence electrons. The third-order valence-corrected chi connectivity index (χ3v) is 4.22. The van der Waals surface area contributed by atoms with Gasteiger partial charge >= 0.3 is 0 Å². The van der Waals surface area contributed by atoms with Gasteiger partial charge < -0.3 is 5.73 Å². The van der Waals surface area contributed by atoms with E-state index in [0.29, 0.717) is 11.5 Å². The molecule has 0 aliphatic carbocycles. The molecule has 1 unspecified atom stereocenters. The number of amides is 1. The van der Waals surface area contributed by atoms with Crippen molar-refractivity contribution in [2.24, 2.45) is 10.7 Å². The Morgan fingerprint density at radius 2 is 1.82 bits per heavy atom. The normalized spacial score (nSPS) is 18.9. The number of nitrogens with two attached hydrogens (primary N) is 1. The number of nitrogens with zero attached hydrogens (tertiary/aromatic N) is 4. The minimum Gasteiger partial charge on any atom is -0.369 e. The van der Waals surface area contributed by atoms with Gasteiger partial charge in [0.15, 0.2) is 0 Å². The lowest BCUT2D eigenvalue weighted by atomic mass is 10.1. The maximum atomic E-state index is 12.6. The molecule has 0 fully saturated rings. The van der Waals surface area contributed by atoms with Gasteiger partial charge in [-0.1, -0.05) is 30.3 Å². The van der Waals surface area contributed by atoms with Crippen LogP contribution in [0.25, 0.3) is 11.0 Å². The second kappa shape index (κ2) is 3.73. The first kappa shape index (κ1) is 11.5. The van der Waals surface area contributed by atoms with E-state index in [1.807, 2.05) is 53.1 Å². The van der Waals surface area contributed by atoms with Gasteiger partial charge in [-0.2, -0.15) is 4.99 Å². The van der Waals surface area contributed by atoms with Gasteiger partial charge in [-0.25, -0.2) is 4.98 Å². The molecule has 1 aromatic heterocycles. The number of benzene rings is 2. The highest BCUT2D eigenvalue weighted by Crippen LogP contribution is 2.41. The van der Waals surface area contributed by atoms with Crippen molar-refractivity contribution in [2.45, 2.75) is 6.17 Å². The minimum absolute atomic E-state index is 0.120. The van der Waals surface area contributed by atoms with Crippen LogP contribution in [0.2, 0.25) is 0 Å². The Labute approximate surface area is 125 Å². The van der Waals surface area contributed by atoms with E-state index in [0.717, 1.165) is 16.6 Å². The molecule has 3 heterocycles. The number of fused-ring (bicyclic) bond motifs is 7. The van der Waals surface area contributed by atoms with Gasteiger partial charge in [0.25, 0.3) is 5.91 Å². The maximum absolute atomic E-state index is 12.6. The third-order valence-electron chi connectivity index (χ3n) is 4.22. The molecule has 0 saturated heterocycles. The Hall–Kier alpha value is -3.15. The highest BCUT2D eigenvalue weighted by atomic mass is 16.2. The molecule has 3 aromatic rings. The standard InChI is InChI=1S/C16H11N5O/c17-15-19-16-18-11-7-3-4-8-12(11)20(16)13-9-5-1-2-6-10(9)14(22)21(13)15/h1-8,13H,(H2,17,18,19). The first-order chi connectivity index (χ1) is 10.8. The van der Waals surface area contributed by atoms with Crippen molar-refractivity contribution in [3.8, 4) is 0 Å². The Balaban J connectivity index is 1.90. The van der Waals surface area contributed by atoms with Crippen LogP contribution in [0.1, 0.15) is 22.1 Å². The molecule has 2 N–H and O–H groups in total. The number of hydrogen-bond donors (Lipinski definition) is 1. The molecule has 2 aromatic carbocycles. The maximum Gasteiger partial charge on any atom is 0.263 e. The van der Waals surface area contributed by atoms with E-state index in [1.54, 1.807) is 0 Å². The van der Waals surface area contributed by atoms with Gasteiger partial charge in [0, 0.05) is 11.1 Å². The SMILES string of the molecule is NC1=Nc2nc3ccccc3n2C2c3ccccc3C(=O)N12. The van der Waals surface area contributed by atoms with Crippen molar-refractivity contribution in [1.82, 2.24) is 14.5 Å². The summed E-state index contributed by atoms with van der Waals surface area (Å²) in [7, 11) is 0. The fourth-order valence-corrected chi connectivity index (χ4v) is 3.29. The molecule has 1 amide bonds. The molecular formula is C16H11N5O. The van der Waals surface area contributed by atoms with Crippen LogP contribution < -0.4 is 5.73 Å². The van der Waals surface area contributed by atoms with Crippen molar-refractivity contribution < 1.29 is 4.79 Å². The predicted molar refractivity (Wildman–Crippen MR) is 81.8 cm³/mol. The number of hydrogen-bond acceptors (Lipinski definition) is 4. The van der Waals surface area contributed by atoms with Crippen LogP contribution in [-0.2, 0) is 0 Å². The fourth-order valence-electron chi connectivity index (χ4n) is 3.29. The summed E-state index contributed by atoms with van der Waals surface area (Å²) in [5.41, 5.74) is 9.40. The molecule has 6 heteroatoms. The topological polar surface area (TPSA) is 76.5 Å². The van der Waals surface area contributed by atoms with Crippen molar-refractivity contribution in [1.29, 1.82) is 0 Å². The molecule has 0 saturated carbocycles. The second-order valence-electron chi connectivity index (χ2n) is 5.38. The molecule has 5 rings (SSSR count). The van der Waals surface area contributed by atoms with Crippen LogP contribution in [0, 0.1) is 0 Å². The average molecular weight is 289 g/mol. The molecular weight excluding hydrogens is 278 g/mol. The van der Waals surface area contributed by atoms with Crippen LogP contribution in [0.5, 0.6) is 0 Å². The van der Waals surface area contributed by atoms with Crippen molar-refractivity contribution in [2.75, 3.05) is 0 Å². The first-order valence-electron chi connectivity index (χ1n) is 6.99. The number of aliphatic imine (C=N–C) groups is 1. The van der Waals surface area contributed by atoms with Crippen LogP contribution in [0.4, 0.5) is 5.95 Å². The van der Waals surface area contributed by atoms with Crippen LogP contribution in [0.15, 0.2) is 53.5 Å². The Kier molecular flexibility index (Phi) is 1.95. The van der Waals surface area contributed by atoms with Crippen LogP contribution >= 0.6 is 0 Å². The molecule has 0 radical (unpaired) electrons. The molecule has 22 heavy (non-hydrogen) atoms. The summed E-state index contributed by atoms with van der Waals surface area (Å²) in [6.07, 6.45) is -0.316. The highest BCUT2D eigenvalue weighted by molar-refractivity contribution is 6.10.